The quantitative estimate of drug-likeness (QED) is 0.621. The molecule has 0 aliphatic carbocycles. The third-order valence-electron chi connectivity index (χ3n) is 2.56. The second kappa shape index (κ2) is 6.75. The molecule has 3 nitrogen and oxygen atoms in total. The fourth-order valence-electron chi connectivity index (χ4n) is 1.54. The number of rotatable bonds is 4. The van der Waals surface area contributed by atoms with E-state index in [-0.39, 0.29) is 11.5 Å². The summed E-state index contributed by atoms with van der Waals surface area (Å²) in [7, 11) is 1.51. The molecule has 0 heterocycles. The van der Waals surface area contributed by atoms with Crippen molar-refractivity contribution in [2.24, 2.45) is 0 Å². The molecular weight excluding hydrogens is 422 g/mol. The molecule has 0 spiro atoms. The molecule has 0 unspecified atom stereocenters. The summed E-state index contributed by atoms with van der Waals surface area (Å²) >= 11 is 15.0. The van der Waals surface area contributed by atoms with Crippen molar-refractivity contribution < 1.29 is 13.2 Å². The van der Waals surface area contributed by atoms with Crippen molar-refractivity contribution in [1.82, 2.24) is 0 Å². The molecule has 0 saturated heterocycles. The normalized spacial score (nSPS) is 11.4. The molecule has 0 aliphatic heterocycles. The van der Waals surface area contributed by atoms with Crippen LogP contribution in [0.25, 0.3) is 0 Å². The van der Waals surface area contributed by atoms with Gasteiger partial charge in [-0.15, -0.1) is 0 Å². The van der Waals surface area contributed by atoms with E-state index in [2.05, 4.69) is 15.9 Å². The minimum atomic E-state index is -3.77. The summed E-state index contributed by atoms with van der Waals surface area (Å²) in [6, 6.07) is 9.45. The topological polar surface area (TPSA) is 43.4 Å². The second-order valence-electron chi connectivity index (χ2n) is 4.07. The highest BCUT2D eigenvalue weighted by Crippen LogP contribution is 2.30. The molecule has 8 heteroatoms. The van der Waals surface area contributed by atoms with Gasteiger partial charge in [-0.05, 0) is 51.8 Å². The molecule has 21 heavy (non-hydrogen) atoms. The Morgan fingerprint density at radius 3 is 2.33 bits per heavy atom. The minimum Gasteiger partial charge on any atom is -0.488 e. The number of hydrogen-bond donors (Lipinski definition) is 0. The van der Waals surface area contributed by atoms with Crippen LogP contribution in [0.2, 0.25) is 10.0 Å². The van der Waals surface area contributed by atoms with Crippen LogP contribution in [0.5, 0.6) is 5.75 Å². The summed E-state index contributed by atoms with van der Waals surface area (Å²) in [4.78, 5) is -0.00192. The first-order valence-electron chi connectivity index (χ1n) is 5.58. The molecule has 2 aromatic carbocycles. The maximum absolute atomic E-state index is 11.2. The lowest BCUT2D eigenvalue weighted by Gasteiger charge is -2.09. The van der Waals surface area contributed by atoms with Crippen LogP contribution in [0.1, 0.15) is 5.56 Å². The van der Waals surface area contributed by atoms with E-state index < -0.39 is 9.05 Å². The first kappa shape index (κ1) is 16.9. The van der Waals surface area contributed by atoms with Crippen molar-refractivity contribution >= 4 is 58.9 Å². The second-order valence-corrected chi connectivity index (χ2v) is 8.30. The Bertz CT molecular complexity index is 778. The Morgan fingerprint density at radius 1 is 1.05 bits per heavy atom. The average molecular weight is 431 g/mol. The predicted molar refractivity (Wildman–Crippen MR) is 88.0 cm³/mol. The van der Waals surface area contributed by atoms with Crippen molar-refractivity contribution in [3.8, 4) is 5.75 Å². The van der Waals surface area contributed by atoms with Crippen LogP contribution < -0.4 is 4.74 Å². The van der Waals surface area contributed by atoms with Crippen molar-refractivity contribution in [1.29, 1.82) is 0 Å². The van der Waals surface area contributed by atoms with Gasteiger partial charge >= 0.3 is 0 Å². The Hall–Kier alpha value is -0.460. The van der Waals surface area contributed by atoms with Gasteiger partial charge in [-0.25, -0.2) is 8.42 Å². The van der Waals surface area contributed by atoms with Gasteiger partial charge < -0.3 is 4.74 Å². The zero-order chi connectivity index (χ0) is 15.6. The summed E-state index contributed by atoms with van der Waals surface area (Å²) in [6.45, 7) is 0.266. The predicted octanol–water partition coefficient (Wildman–Crippen LogP) is 5.26. The summed E-state index contributed by atoms with van der Waals surface area (Å²) in [6.07, 6.45) is 0. The van der Waals surface area contributed by atoms with E-state index in [1.807, 2.05) is 0 Å². The molecule has 112 valence electrons. The Balaban J connectivity index is 2.15. The molecular formula is C13H8BrCl3O3S. The van der Waals surface area contributed by atoms with Gasteiger partial charge in [-0.2, -0.15) is 0 Å². The van der Waals surface area contributed by atoms with Gasteiger partial charge in [-0.3, -0.25) is 0 Å². The first-order chi connectivity index (χ1) is 9.77. The molecule has 0 N–H and O–H groups in total. The third-order valence-corrected chi connectivity index (χ3v) is 5.27. The summed E-state index contributed by atoms with van der Waals surface area (Å²) < 4.78 is 28.5. The van der Waals surface area contributed by atoms with E-state index in [0.29, 0.717) is 20.3 Å². The van der Waals surface area contributed by atoms with Crippen molar-refractivity contribution in [2.75, 3.05) is 0 Å². The molecule has 0 saturated carbocycles. The Morgan fingerprint density at radius 2 is 1.76 bits per heavy atom. The number of halogens is 4. The molecule has 2 aromatic rings. The van der Waals surface area contributed by atoms with Gasteiger partial charge in [0.25, 0.3) is 9.05 Å². The highest BCUT2D eigenvalue weighted by molar-refractivity contribution is 9.10. The maximum Gasteiger partial charge on any atom is 0.261 e. The van der Waals surface area contributed by atoms with E-state index >= 15 is 0 Å². The van der Waals surface area contributed by atoms with Crippen molar-refractivity contribution in [3.05, 3.63) is 56.5 Å². The third kappa shape index (κ3) is 4.50. The summed E-state index contributed by atoms with van der Waals surface area (Å²) in [5, 5.41) is 0.915. The average Bonchev–Trinajstić information content (AvgIpc) is 2.40. The fourth-order valence-corrected chi connectivity index (χ4v) is 3.28. The molecule has 0 amide bonds. The lowest BCUT2D eigenvalue weighted by atomic mass is 10.2. The minimum absolute atomic E-state index is 0.00192. The molecule has 0 radical (unpaired) electrons. The van der Waals surface area contributed by atoms with Crippen LogP contribution in [0.3, 0.4) is 0 Å². The molecule has 0 bridgehead atoms. The summed E-state index contributed by atoms with van der Waals surface area (Å²) in [5.74, 6) is 0.491. The highest BCUT2D eigenvalue weighted by atomic mass is 79.9. The SMILES string of the molecule is O=S(=O)(Cl)c1ccc(OCc2ccc(Cl)c(Cl)c2)c(Br)c1. The van der Waals surface area contributed by atoms with Gasteiger partial charge in [0.2, 0.25) is 0 Å². The van der Waals surface area contributed by atoms with Gasteiger partial charge in [-0.1, -0.05) is 29.3 Å². The highest BCUT2D eigenvalue weighted by Gasteiger charge is 2.12. The monoisotopic (exact) mass is 428 g/mol. The zero-order valence-corrected chi connectivity index (χ0v) is 15.0. The maximum atomic E-state index is 11.2. The van der Waals surface area contributed by atoms with E-state index in [1.165, 1.54) is 18.2 Å². The van der Waals surface area contributed by atoms with Crippen LogP contribution >= 0.6 is 49.8 Å². The van der Waals surface area contributed by atoms with Gasteiger partial charge in [0.1, 0.15) is 12.4 Å². The van der Waals surface area contributed by atoms with Crippen LogP contribution in [0.15, 0.2) is 45.8 Å². The molecule has 0 fully saturated rings. The molecule has 0 aliphatic rings. The van der Waals surface area contributed by atoms with Crippen LogP contribution in [-0.2, 0) is 15.7 Å². The fraction of sp³-hybridized carbons (Fsp3) is 0.0769. The van der Waals surface area contributed by atoms with Crippen molar-refractivity contribution in [3.63, 3.8) is 0 Å². The smallest absolute Gasteiger partial charge is 0.261 e. The van der Waals surface area contributed by atoms with E-state index in [1.54, 1.807) is 18.2 Å². The van der Waals surface area contributed by atoms with Crippen LogP contribution in [-0.4, -0.2) is 8.42 Å². The summed E-state index contributed by atoms with van der Waals surface area (Å²) in [5.41, 5.74) is 0.838. The van der Waals surface area contributed by atoms with Crippen LogP contribution in [0, 0.1) is 0 Å². The molecule has 0 aromatic heterocycles. The first-order valence-corrected chi connectivity index (χ1v) is 9.44. The number of ether oxygens (including phenoxy) is 1. The molecule has 0 atom stereocenters. The zero-order valence-electron chi connectivity index (χ0n) is 10.3. The van der Waals surface area contributed by atoms with E-state index in [0.717, 1.165) is 5.56 Å². The number of benzene rings is 2. The van der Waals surface area contributed by atoms with Gasteiger partial charge in [0, 0.05) is 10.7 Å². The van der Waals surface area contributed by atoms with Gasteiger partial charge in [0.15, 0.2) is 0 Å². The number of hydrogen-bond acceptors (Lipinski definition) is 3. The van der Waals surface area contributed by atoms with Crippen molar-refractivity contribution in [2.45, 2.75) is 11.5 Å². The standard InChI is InChI=1S/C13H8BrCl3O3S/c14-10-6-9(21(17,18)19)2-4-13(10)20-7-8-1-3-11(15)12(16)5-8/h1-6H,7H2. The lowest BCUT2D eigenvalue weighted by molar-refractivity contribution is 0.304. The van der Waals surface area contributed by atoms with Gasteiger partial charge in [0.05, 0.1) is 19.4 Å². The van der Waals surface area contributed by atoms with E-state index in [4.69, 9.17) is 38.6 Å². The van der Waals surface area contributed by atoms with E-state index in [9.17, 15) is 8.42 Å². The Labute approximate surface area is 145 Å². The lowest BCUT2D eigenvalue weighted by Crippen LogP contribution is -1.97. The largest absolute Gasteiger partial charge is 0.488 e. The van der Waals surface area contributed by atoms with Crippen LogP contribution in [0.4, 0.5) is 0 Å². The molecule has 2 rings (SSSR count). The Kier molecular flexibility index (Phi) is 5.43.